The molecular formula is C13H10F3N3. The lowest BCUT2D eigenvalue weighted by molar-refractivity contribution is -0.136. The second-order valence-electron chi connectivity index (χ2n) is 3.69. The van der Waals surface area contributed by atoms with Crippen molar-refractivity contribution in [1.82, 2.24) is 4.98 Å². The van der Waals surface area contributed by atoms with Crippen LogP contribution in [-0.4, -0.2) is 11.2 Å². The minimum atomic E-state index is -4.41. The van der Waals surface area contributed by atoms with Crippen LogP contribution in [0.2, 0.25) is 0 Å². The van der Waals surface area contributed by atoms with Gasteiger partial charge in [0.1, 0.15) is 0 Å². The molecule has 1 N–H and O–H groups in total. The first-order valence-electron chi connectivity index (χ1n) is 5.43. The van der Waals surface area contributed by atoms with Gasteiger partial charge in [0.2, 0.25) is 0 Å². The van der Waals surface area contributed by atoms with Crippen LogP contribution in [0.1, 0.15) is 11.1 Å². The van der Waals surface area contributed by atoms with E-state index in [1.807, 2.05) is 0 Å². The maximum absolute atomic E-state index is 12.7. The van der Waals surface area contributed by atoms with Gasteiger partial charge in [0.15, 0.2) is 0 Å². The summed E-state index contributed by atoms with van der Waals surface area (Å²) in [6.07, 6.45) is 0.167. The van der Waals surface area contributed by atoms with Crippen LogP contribution >= 0.6 is 0 Å². The molecule has 0 atom stereocenters. The second kappa shape index (κ2) is 5.51. The number of rotatable bonds is 3. The molecule has 0 amide bonds. The standard InChI is InChI=1S/C13H10F3N3/c14-13(15,16)11-3-1-2-4-12(11)19-18-9-10-5-7-17-8-6-10/h1-9,19H/b18-9+. The van der Waals surface area contributed by atoms with Crippen LogP contribution in [-0.2, 0) is 6.18 Å². The van der Waals surface area contributed by atoms with Gasteiger partial charge in [-0.1, -0.05) is 12.1 Å². The third-order valence-corrected chi connectivity index (χ3v) is 2.34. The van der Waals surface area contributed by atoms with Gasteiger partial charge in [0.05, 0.1) is 17.5 Å². The Morgan fingerprint density at radius 1 is 1.05 bits per heavy atom. The van der Waals surface area contributed by atoms with E-state index in [-0.39, 0.29) is 5.69 Å². The number of anilines is 1. The Kier molecular flexibility index (Phi) is 3.79. The molecule has 0 spiro atoms. The summed E-state index contributed by atoms with van der Waals surface area (Å²) in [5.41, 5.74) is 2.31. The van der Waals surface area contributed by atoms with Gasteiger partial charge < -0.3 is 0 Å². The highest BCUT2D eigenvalue weighted by atomic mass is 19.4. The van der Waals surface area contributed by atoms with Gasteiger partial charge in [-0.05, 0) is 29.8 Å². The topological polar surface area (TPSA) is 37.3 Å². The summed E-state index contributed by atoms with van der Waals surface area (Å²) in [5.74, 6) is 0. The predicted octanol–water partition coefficient (Wildman–Crippen LogP) is 3.55. The zero-order chi connectivity index (χ0) is 13.7. The third kappa shape index (κ3) is 3.54. The molecule has 0 saturated carbocycles. The van der Waals surface area contributed by atoms with Gasteiger partial charge in [-0.15, -0.1) is 0 Å². The quantitative estimate of drug-likeness (QED) is 0.680. The lowest BCUT2D eigenvalue weighted by Gasteiger charge is -2.11. The second-order valence-corrected chi connectivity index (χ2v) is 3.69. The van der Waals surface area contributed by atoms with Crippen molar-refractivity contribution >= 4 is 11.9 Å². The van der Waals surface area contributed by atoms with Crippen LogP contribution < -0.4 is 5.43 Å². The van der Waals surface area contributed by atoms with E-state index in [2.05, 4.69) is 15.5 Å². The van der Waals surface area contributed by atoms with Crippen molar-refractivity contribution in [3.63, 3.8) is 0 Å². The molecule has 0 bridgehead atoms. The summed E-state index contributed by atoms with van der Waals surface area (Å²) in [7, 11) is 0. The average Bonchev–Trinajstić information content (AvgIpc) is 2.39. The molecule has 3 nitrogen and oxygen atoms in total. The Morgan fingerprint density at radius 3 is 2.42 bits per heavy atom. The van der Waals surface area contributed by atoms with Crippen molar-refractivity contribution in [3.8, 4) is 0 Å². The van der Waals surface area contributed by atoms with Crippen molar-refractivity contribution in [2.24, 2.45) is 5.10 Å². The zero-order valence-electron chi connectivity index (χ0n) is 9.72. The summed E-state index contributed by atoms with van der Waals surface area (Å²) in [5, 5.41) is 3.78. The Bertz CT molecular complexity index is 565. The highest BCUT2D eigenvalue weighted by Crippen LogP contribution is 2.34. The number of pyridine rings is 1. The molecule has 6 heteroatoms. The molecule has 98 valence electrons. The number of halogens is 3. The number of nitrogens with zero attached hydrogens (tertiary/aromatic N) is 2. The van der Waals surface area contributed by atoms with E-state index in [0.29, 0.717) is 0 Å². The predicted molar refractivity (Wildman–Crippen MR) is 66.9 cm³/mol. The van der Waals surface area contributed by atoms with Crippen LogP contribution in [0.3, 0.4) is 0 Å². The normalized spacial score (nSPS) is 11.7. The van der Waals surface area contributed by atoms with Crippen molar-refractivity contribution < 1.29 is 13.2 Å². The summed E-state index contributed by atoms with van der Waals surface area (Å²) in [6, 6.07) is 8.57. The summed E-state index contributed by atoms with van der Waals surface area (Å²) in [4.78, 5) is 3.83. The van der Waals surface area contributed by atoms with E-state index < -0.39 is 11.7 Å². The van der Waals surface area contributed by atoms with Gasteiger partial charge in [-0.3, -0.25) is 10.4 Å². The molecule has 2 aromatic rings. The molecule has 0 aliphatic carbocycles. The first-order chi connectivity index (χ1) is 9.07. The molecule has 1 aromatic carbocycles. The van der Waals surface area contributed by atoms with Gasteiger partial charge in [-0.25, -0.2) is 0 Å². The number of hydrazone groups is 1. The number of hydrogen-bond donors (Lipinski definition) is 1. The lowest BCUT2D eigenvalue weighted by atomic mass is 10.2. The summed E-state index contributed by atoms with van der Waals surface area (Å²) in [6.45, 7) is 0. The molecule has 2 rings (SSSR count). The number of aromatic nitrogens is 1. The fourth-order valence-corrected chi connectivity index (χ4v) is 1.45. The zero-order valence-corrected chi connectivity index (χ0v) is 9.72. The lowest BCUT2D eigenvalue weighted by Crippen LogP contribution is -2.08. The molecule has 0 radical (unpaired) electrons. The van der Waals surface area contributed by atoms with Gasteiger partial charge in [0, 0.05) is 12.4 Å². The highest BCUT2D eigenvalue weighted by molar-refractivity contribution is 5.79. The number of alkyl halides is 3. The first-order valence-corrected chi connectivity index (χ1v) is 5.43. The van der Waals surface area contributed by atoms with Crippen molar-refractivity contribution in [1.29, 1.82) is 0 Å². The molecule has 1 aromatic heterocycles. The van der Waals surface area contributed by atoms with E-state index >= 15 is 0 Å². The molecule has 19 heavy (non-hydrogen) atoms. The number of para-hydroxylation sites is 1. The number of benzene rings is 1. The Labute approximate surface area is 107 Å². The van der Waals surface area contributed by atoms with E-state index in [1.54, 1.807) is 24.5 Å². The van der Waals surface area contributed by atoms with Crippen molar-refractivity contribution in [3.05, 3.63) is 59.9 Å². The van der Waals surface area contributed by atoms with E-state index in [0.717, 1.165) is 11.6 Å². The Morgan fingerprint density at radius 2 is 1.74 bits per heavy atom. The first kappa shape index (κ1) is 13.1. The largest absolute Gasteiger partial charge is 0.418 e. The molecule has 0 aliphatic rings. The molecule has 0 fully saturated rings. The average molecular weight is 265 g/mol. The maximum Gasteiger partial charge on any atom is 0.418 e. The number of hydrogen-bond acceptors (Lipinski definition) is 3. The van der Waals surface area contributed by atoms with Crippen molar-refractivity contribution in [2.45, 2.75) is 6.18 Å². The monoisotopic (exact) mass is 265 g/mol. The van der Waals surface area contributed by atoms with Crippen LogP contribution in [0.15, 0.2) is 53.9 Å². The van der Waals surface area contributed by atoms with Crippen LogP contribution in [0.25, 0.3) is 0 Å². The van der Waals surface area contributed by atoms with E-state index in [1.165, 1.54) is 24.4 Å². The third-order valence-electron chi connectivity index (χ3n) is 2.34. The highest BCUT2D eigenvalue weighted by Gasteiger charge is 2.33. The molecule has 1 heterocycles. The van der Waals surface area contributed by atoms with Crippen LogP contribution in [0, 0.1) is 0 Å². The van der Waals surface area contributed by atoms with Gasteiger partial charge in [0.25, 0.3) is 0 Å². The fraction of sp³-hybridized carbons (Fsp3) is 0.0769. The Balaban J connectivity index is 2.14. The fourth-order valence-electron chi connectivity index (χ4n) is 1.45. The summed E-state index contributed by atoms with van der Waals surface area (Å²) >= 11 is 0. The van der Waals surface area contributed by atoms with Gasteiger partial charge in [-0.2, -0.15) is 18.3 Å². The number of nitrogens with one attached hydrogen (secondary N) is 1. The minimum absolute atomic E-state index is 0.0830. The molecule has 0 saturated heterocycles. The van der Waals surface area contributed by atoms with Gasteiger partial charge >= 0.3 is 6.18 Å². The smallest absolute Gasteiger partial charge is 0.278 e. The SMILES string of the molecule is FC(F)(F)c1ccccc1N/N=C/c1ccncc1. The van der Waals surface area contributed by atoms with E-state index in [4.69, 9.17) is 0 Å². The Hall–Kier alpha value is -2.37. The maximum atomic E-state index is 12.7. The van der Waals surface area contributed by atoms with Crippen LogP contribution in [0.4, 0.5) is 18.9 Å². The molecule has 0 aliphatic heterocycles. The van der Waals surface area contributed by atoms with E-state index in [9.17, 15) is 13.2 Å². The minimum Gasteiger partial charge on any atom is -0.278 e. The van der Waals surface area contributed by atoms with Crippen LogP contribution in [0.5, 0.6) is 0 Å². The summed E-state index contributed by atoms with van der Waals surface area (Å²) < 4.78 is 38.1. The molecule has 0 unspecified atom stereocenters. The van der Waals surface area contributed by atoms with Crippen molar-refractivity contribution in [2.75, 3.05) is 5.43 Å². The molecular weight excluding hydrogens is 255 g/mol.